The van der Waals surface area contributed by atoms with Crippen LogP contribution in [0.15, 0.2) is 10.9 Å². The lowest BCUT2D eigenvalue weighted by atomic mass is 9.97. The number of H-pyrrole nitrogens is 1. The van der Waals surface area contributed by atoms with Gasteiger partial charge >= 0.3 is 0 Å². The predicted molar refractivity (Wildman–Crippen MR) is 78.6 cm³/mol. The van der Waals surface area contributed by atoms with Gasteiger partial charge in [-0.2, -0.15) is 0 Å². The van der Waals surface area contributed by atoms with E-state index < -0.39 is 0 Å². The van der Waals surface area contributed by atoms with Crippen molar-refractivity contribution in [1.29, 1.82) is 0 Å². The Morgan fingerprint density at radius 2 is 2.05 bits per heavy atom. The van der Waals surface area contributed by atoms with E-state index in [0.717, 1.165) is 11.6 Å². The molecule has 4 nitrogen and oxygen atoms in total. The van der Waals surface area contributed by atoms with E-state index in [4.69, 9.17) is 0 Å². The van der Waals surface area contributed by atoms with Gasteiger partial charge in [-0.1, -0.05) is 40.0 Å². The summed E-state index contributed by atoms with van der Waals surface area (Å²) in [5.41, 5.74) is -0.0672. The zero-order valence-corrected chi connectivity index (χ0v) is 12.2. The van der Waals surface area contributed by atoms with E-state index in [1.165, 1.54) is 32.1 Å². The first-order valence-corrected chi connectivity index (χ1v) is 7.44. The lowest BCUT2D eigenvalue weighted by Crippen LogP contribution is -2.28. The van der Waals surface area contributed by atoms with Crippen molar-refractivity contribution in [1.82, 2.24) is 9.97 Å². The quantitative estimate of drug-likeness (QED) is 0.823. The molecule has 2 rings (SSSR count). The summed E-state index contributed by atoms with van der Waals surface area (Å²) in [6.07, 6.45) is 6.34. The van der Waals surface area contributed by atoms with Gasteiger partial charge in [0.15, 0.2) is 0 Å². The smallest absolute Gasteiger partial charge is 0.252 e. The normalized spacial score (nSPS) is 24.2. The molecule has 1 aromatic rings. The summed E-state index contributed by atoms with van der Waals surface area (Å²) in [5, 5.41) is 3.48. The third-order valence-electron chi connectivity index (χ3n) is 4.00. The second kappa shape index (κ2) is 6.22. The van der Waals surface area contributed by atoms with Crippen LogP contribution >= 0.6 is 0 Å². The lowest BCUT2D eigenvalue weighted by Gasteiger charge is -2.23. The van der Waals surface area contributed by atoms with Crippen molar-refractivity contribution >= 4 is 5.82 Å². The van der Waals surface area contributed by atoms with Gasteiger partial charge < -0.3 is 10.3 Å². The molecule has 1 aliphatic rings. The Kier molecular flexibility index (Phi) is 4.61. The highest BCUT2D eigenvalue weighted by Gasteiger charge is 2.20. The number of aromatic amines is 1. The van der Waals surface area contributed by atoms with Crippen molar-refractivity contribution in [3.63, 3.8) is 0 Å². The first-order valence-electron chi connectivity index (χ1n) is 7.44. The van der Waals surface area contributed by atoms with Crippen molar-refractivity contribution in [3.05, 3.63) is 22.2 Å². The van der Waals surface area contributed by atoms with Crippen LogP contribution in [0.5, 0.6) is 0 Å². The standard InChI is InChI=1S/C15H25N3O/c1-10(2)15-17-13(9-14(19)18-15)16-12-8-6-4-5-7-11(12)3/h9-12H,4-8H2,1-3H3,(H2,16,17,18,19). The van der Waals surface area contributed by atoms with E-state index >= 15 is 0 Å². The van der Waals surface area contributed by atoms with Crippen LogP contribution in [0.3, 0.4) is 0 Å². The Morgan fingerprint density at radius 3 is 2.79 bits per heavy atom. The van der Waals surface area contributed by atoms with Crippen molar-refractivity contribution in [2.45, 2.75) is 64.8 Å². The van der Waals surface area contributed by atoms with Crippen LogP contribution < -0.4 is 10.9 Å². The number of nitrogens with zero attached hydrogens (tertiary/aromatic N) is 1. The zero-order chi connectivity index (χ0) is 13.8. The molecule has 0 aromatic carbocycles. The monoisotopic (exact) mass is 263 g/mol. The summed E-state index contributed by atoms with van der Waals surface area (Å²) >= 11 is 0. The van der Waals surface area contributed by atoms with Gasteiger partial charge in [0.1, 0.15) is 11.6 Å². The van der Waals surface area contributed by atoms with Gasteiger partial charge in [0.2, 0.25) is 0 Å². The number of nitrogens with one attached hydrogen (secondary N) is 2. The fraction of sp³-hybridized carbons (Fsp3) is 0.733. The molecule has 2 N–H and O–H groups in total. The minimum Gasteiger partial charge on any atom is -0.367 e. The van der Waals surface area contributed by atoms with Gasteiger partial charge in [0, 0.05) is 18.0 Å². The highest BCUT2D eigenvalue weighted by atomic mass is 16.1. The Labute approximate surface area is 115 Å². The number of aromatic nitrogens is 2. The maximum Gasteiger partial charge on any atom is 0.252 e. The van der Waals surface area contributed by atoms with Crippen LogP contribution in [0.25, 0.3) is 0 Å². The number of rotatable bonds is 3. The molecule has 106 valence electrons. The molecule has 19 heavy (non-hydrogen) atoms. The summed E-state index contributed by atoms with van der Waals surface area (Å²) in [4.78, 5) is 19.0. The highest BCUT2D eigenvalue weighted by molar-refractivity contribution is 5.35. The van der Waals surface area contributed by atoms with Gasteiger partial charge in [-0.3, -0.25) is 4.79 Å². The van der Waals surface area contributed by atoms with Gasteiger partial charge in [0.05, 0.1) is 0 Å². The summed E-state index contributed by atoms with van der Waals surface area (Å²) in [6.45, 7) is 6.37. The summed E-state index contributed by atoms with van der Waals surface area (Å²) in [7, 11) is 0. The molecular formula is C15H25N3O. The van der Waals surface area contributed by atoms with E-state index in [1.54, 1.807) is 6.07 Å². The minimum atomic E-state index is -0.0672. The summed E-state index contributed by atoms with van der Waals surface area (Å²) < 4.78 is 0. The molecule has 2 unspecified atom stereocenters. The molecule has 1 saturated carbocycles. The SMILES string of the molecule is CC(C)c1nc(NC2CCCCCC2C)cc(=O)[nH]1. The van der Waals surface area contributed by atoms with E-state index in [-0.39, 0.29) is 11.5 Å². The average molecular weight is 263 g/mol. The van der Waals surface area contributed by atoms with E-state index in [0.29, 0.717) is 12.0 Å². The Hall–Kier alpha value is -1.32. The molecule has 1 heterocycles. The number of hydrogen-bond acceptors (Lipinski definition) is 3. The molecule has 0 spiro atoms. The van der Waals surface area contributed by atoms with Crippen molar-refractivity contribution in [2.75, 3.05) is 5.32 Å². The van der Waals surface area contributed by atoms with E-state index in [1.807, 2.05) is 13.8 Å². The predicted octanol–water partition coefficient (Wildman–Crippen LogP) is 3.27. The Balaban J connectivity index is 2.15. The average Bonchev–Trinajstić information content (AvgIpc) is 2.54. The van der Waals surface area contributed by atoms with Crippen LogP contribution in [0.4, 0.5) is 5.82 Å². The molecule has 0 bridgehead atoms. The molecular weight excluding hydrogens is 238 g/mol. The third kappa shape index (κ3) is 3.82. The Bertz CT molecular complexity index is 467. The Morgan fingerprint density at radius 1 is 1.32 bits per heavy atom. The van der Waals surface area contributed by atoms with Crippen LogP contribution in [-0.2, 0) is 0 Å². The second-order valence-corrected chi connectivity index (χ2v) is 6.04. The maximum absolute atomic E-state index is 11.7. The highest BCUT2D eigenvalue weighted by Crippen LogP contribution is 2.25. The molecule has 0 radical (unpaired) electrons. The van der Waals surface area contributed by atoms with E-state index in [9.17, 15) is 4.79 Å². The summed E-state index contributed by atoms with van der Waals surface area (Å²) in [6, 6.07) is 2.01. The van der Waals surface area contributed by atoms with Gasteiger partial charge in [-0.15, -0.1) is 0 Å². The minimum absolute atomic E-state index is 0.0672. The number of anilines is 1. The zero-order valence-electron chi connectivity index (χ0n) is 12.2. The fourth-order valence-corrected chi connectivity index (χ4v) is 2.72. The van der Waals surface area contributed by atoms with Gasteiger partial charge in [-0.25, -0.2) is 4.98 Å². The molecule has 1 aliphatic carbocycles. The van der Waals surface area contributed by atoms with Crippen LogP contribution in [0.2, 0.25) is 0 Å². The first kappa shape index (κ1) is 14.1. The second-order valence-electron chi connectivity index (χ2n) is 6.04. The van der Waals surface area contributed by atoms with Gasteiger partial charge in [0.25, 0.3) is 5.56 Å². The van der Waals surface area contributed by atoms with Gasteiger partial charge in [-0.05, 0) is 18.8 Å². The van der Waals surface area contributed by atoms with Crippen LogP contribution in [0, 0.1) is 5.92 Å². The molecule has 0 aliphatic heterocycles. The first-order chi connectivity index (χ1) is 9.06. The fourth-order valence-electron chi connectivity index (χ4n) is 2.72. The third-order valence-corrected chi connectivity index (χ3v) is 4.00. The topological polar surface area (TPSA) is 57.8 Å². The van der Waals surface area contributed by atoms with Crippen LogP contribution in [0.1, 0.15) is 64.6 Å². The summed E-state index contributed by atoms with van der Waals surface area (Å²) in [5.74, 6) is 2.37. The molecule has 2 atom stereocenters. The molecule has 0 saturated heterocycles. The number of hydrogen-bond donors (Lipinski definition) is 2. The lowest BCUT2D eigenvalue weighted by molar-refractivity contribution is 0.455. The van der Waals surface area contributed by atoms with Crippen molar-refractivity contribution in [2.24, 2.45) is 5.92 Å². The van der Waals surface area contributed by atoms with Crippen molar-refractivity contribution < 1.29 is 0 Å². The molecule has 4 heteroatoms. The largest absolute Gasteiger partial charge is 0.367 e. The van der Waals surface area contributed by atoms with Crippen LogP contribution in [-0.4, -0.2) is 16.0 Å². The molecule has 0 amide bonds. The molecule has 1 fully saturated rings. The van der Waals surface area contributed by atoms with Crippen molar-refractivity contribution in [3.8, 4) is 0 Å². The van der Waals surface area contributed by atoms with E-state index in [2.05, 4.69) is 22.2 Å². The maximum atomic E-state index is 11.7. The molecule has 1 aromatic heterocycles.